The number of hydrogen-bond acceptors (Lipinski definition) is 2. The van der Waals surface area contributed by atoms with Gasteiger partial charge >= 0.3 is 0 Å². The van der Waals surface area contributed by atoms with Crippen molar-refractivity contribution in [2.24, 2.45) is 11.7 Å². The SMILES string of the molecule is CC(C)C(=O)CCCCNC(=N)N. The van der Waals surface area contributed by atoms with Gasteiger partial charge in [-0.1, -0.05) is 13.8 Å². The molecule has 4 nitrogen and oxygen atoms in total. The first-order valence-corrected chi connectivity index (χ1v) is 4.64. The third-order valence-electron chi connectivity index (χ3n) is 1.81. The fraction of sp³-hybridized carbons (Fsp3) is 0.778. The first-order chi connectivity index (χ1) is 6.04. The number of nitrogens with two attached hydrogens (primary N) is 1. The summed E-state index contributed by atoms with van der Waals surface area (Å²) in [7, 11) is 0. The summed E-state index contributed by atoms with van der Waals surface area (Å²) >= 11 is 0. The van der Waals surface area contributed by atoms with Crippen molar-refractivity contribution in [3.8, 4) is 0 Å². The van der Waals surface area contributed by atoms with Gasteiger partial charge in [-0.25, -0.2) is 0 Å². The first kappa shape index (κ1) is 11.9. The van der Waals surface area contributed by atoms with Gasteiger partial charge in [0.1, 0.15) is 5.78 Å². The van der Waals surface area contributed by atoms with Crippen molar-refractivity contribution in [1.29, 1.82) is 5.41 Å². The maximum atomic E-state index is 11.2. The van der Waals surface area contributed by atoms with E-state index < -0.39 is 0 Å². The molecule has 4 heteroatoms. The Morgan fingerprint density at radius 1 is 1.46 bits per heavy atom. The molecule has 0 unspecified atom stereocenters. The monoisotopic (exact) mass is 185 g/mol. The van der Waals surface area contributed by atoms with Crippen molar-refractivity contribution in [3.05, 3.63) is 0 Å². The van der Waals surface area contributed by atoms with Crippen LogP contribution in [0.15, 0.2) is 0 Å². The number of hydrogen-bond donors (Lipinski definition) is 3. The molecule has 0 heterocycles. The van der Waals surface area contributed by atoms with Crippen molar-refractivity contribution in [2.75, 3.05) is 6.54 Å². The average Bonchev–Trinajstić information content (AvgIpc) is 2.02. The van der Waals surface area contributed by atoms with Crippen LogP contribution in [0.25, 0.3) is 0 Å². The minimum atomic E-state index is -0.00446. The van der Waals surface area contributed by atoms with Crippen LogP contribution in [0.4, 0.5) is 0 Å². The molecular weight excluding hydrogens is 166 g/mol. The molecule has 0 spiro atoms. The van der Waals surface area contributed by atoms with E-state index >= 15 is 0 Å². The fourth-order valence-electron chi connectivity index (χ4n) is 0.936. The molecule has 0 aliphatic rings. The zero-order valence-electron chi connectivity index (χ0n) is 8.39. The lowest BCUT2D eigenvalue weighted by molar-refractivity contribution is -0.122. The van der Waals surface area contributed by atoms with Crippen LogP contribution in [0.2, 0.25) is 0 Å². The summed E-state index contributed by atoms with van der Waals surface area (Å²) in [5.74, 6) is 0.443. The number of carbonyl (C=O) groups is 1. The van der Waals surface area contributed by atoms with Gasteiger partial charge in [-0.2, -0.15) is 0 Å². The van der Waals surface area contributed by atoms with E-state index in [9.17, 15) is 4.79 Å². The van der Waals surface area contributed by atoms with Crippen LogP contribution in [0, 0.1) is 11.3 Å². The van der Waals surface area contributed by atoms with Crippen molar-refractivity contribution in [1.82, 2.24) is 5.32 Å². The van der Waals surface area contributed by atoms with Crippen molar-refractivity contribution < 1.29 is 4.79 Å². The molecule has 0 aliphatic heterocycles. The first-order valence-electron chi connectivity index (χ1n) is 4.64. The standard InChI is InChI=1S/C9H19N3O/c1-7(2)8(13)5-3-4-6-12-9(10)11/h7H,3-6H2,1-2H3,(H4,10,11,12). The van der Waals surface area contributed by atoms with Crippen molar-refractivity contribution in [2.45, 2.75) is 33.1 Å². The molecule has 0 saturated carbocycles. The second kappa shape index (κ2) is 6.46. The summed E-state index contributed by atoms with van der Waals surface area (Å²) in [5, 5.41) is 9.58. The number of carbonyl (C=O) groups excluding carboxylic acids is 1. The molecule has 0 rings (SSSR count). The average molecular weight is 185 g/mol. The van der Waals surface area contributed by atoms with Crippen LogP contribution in [-0.4, -0.2) is 18.3 Å². The molecule has 0 bridgehead atoms. The van der Waals surface area contributed by atoms with E-state index in [0.717, 1.165) is 12.8 Å². The summed E-state index contributed by atoms with van der Waals surface area (Å²) in [4.78, 5) is 11.2. The maximum absolute atomic E-state index is 11.2. The van der Waals surface area contributed by atoms with Crippen LogP contribution in [0.5, 0.6) is 0 Å². The Kier molecular flexibility index (Phi) is 5.93. The van der Waals surface area contributed by atoms with E-state index in [0.29, 0.717) is 18.7 Å². The minimum absolute atomic E-state index is 0.00446. The van der Waals surface area contributed by atoms with Crippen LogP contribution in [0.1, 0.15) is 33.1 Å². The largest absolute Gasteiger partial charge is 0.370 e. The third kappa shape index (κ3) is 7.31. The highest BCUT2D eigenvalue weighted by Gasteiger charge is 2.05. The molecule has 0 radical (unpaired) electrons. The van der Waals surface area contributed by atoms with Crippen LogP contribution in [-0.2, 0) is 4.79 Å². The van der Waals surface area contributed by atoms with E-state index in [-0.39, 0.29) is 11.9 Å². The summed E-state index contributed by atoms with van der Waals surface area (Å²) < 4.78 is 0. The highest BCUT2D eigenvalue weighted by Crippen LogP contribution is 2.03. The smallest absolute Gasteiger partial charge is 0.185 e. The van der Waals surface area contributed by atoms with Gasteiger partial charge in [0.25, 0.3) is 0 Å². The molecule has 4 N–H and O–H groups in total. The zero-order chi connectivity index (χ0) is 10.3. The quantitative estimate of drug-likeness (QED) is 0.326. The molecule has 0 aromatic rings. The molecule has 0 aliphatic carbocycles. The summed E-state index contributed by atoms with van der Waals surface area (Å²) in [6.45, 7) is 4.51. The lowest BCUT2D eigenvalue weighted by atomic mass is 10.0. The highest BCUT2D eigenvalue weighted by molar-refractivity contribution is 5.80. The van der Waals surface area contributed by atoms with E-state index in [2.05, 4.69) is 5.32 Å². The predicted molar refractivity (Wildman–Crippen MR) is 53.6 cm³/mol. The van der Waals surface area contributed by atoms with Crippen LogP contribution >= 0.6 is 0 Å². The Morgan fingerprint density at radius 3 is 2.54 bits per heavy atom. The van der Waals surface area contributed by atoms with Gasteiger partial charge in [0.15, 0.2) is 5.96 Å². The Morgan fingerprint density at radius 2 is 2.08 bits per heavy atom. The second-order valence-electron chi connectivity index (χ2n) is 3.42. The van der Waals surface area contributed by atoms with E-state index in [4.69, 9.17) is 11.1 Å². The van der Waals surface area contributed by atoms with Gasteiger partial charge in [-0.15, -0.1) is 0 Å². The fourth-order valence-corrected chi connectivity index (χ4v) is 0.936. The van der Waals surface area contributed by atoms with E-state index in [1.807, 2.05) is 13.8 Å². The Bertz CT molecular complexity index is 178. The molecule has 76 valence electrons. The molecule has 13 heavy (non-hydrogen) atoms. The zero-order valence-corrected chi connectivity index (χ0v) is 8.39. The normalized spacial score (nSPS) is 10.1. The minimum Gasteiger partial charge on any atom is -0.370 e. The van der Waals surface area contributed by atoms with Crippen LogP contribution < -0.4 is 11.1 Å². The molecular formula is C9H19N3O. The maximum Gasteiger partial charge on any atom is 0.185 e. The topological polar surface area (TPSA) is 79.0 Å². The van der Waals surface area contributed by atoms with E-state index in [1.54, 1.807) is 0 Å². The second-order valence-corrected chi connectivity index (χ2v) is 3.42. The number of guanidine groups is 1. The molecule has 0 atom stereocenters. The van der Waals surface area contributed by atoms with Crippen molar-refractivity contribution >= 4 is 11.7 Å². The number of unbranched alkanes of at least 4 members (excludes halogenated alkanes) is 1. The lowest BCUT2D eigenvalue weighted by Crippen LogP contribution is -2.30. The molecule has 0 saturated heterocycles. The molecule has 0 aromatic carbocycles. The Hall–Kier alpha value is -1.06. The molecule has 0 amide bonds. The van der Waals surface area contributed by atoms with Gasteiger partial charge < -0.3 is 11.1 Å². The number of Topliss-reactive ketones (excluding diaryl/α,β-unsaturated/α-hetero) is 1. The summed E-state index contributed by atoms with van der Waals surface area (Å²) in [6.07, 6.45) is 2.40. The molecule has 0 fully saturated rings. The van der Waals surface area contributed by atoms with Gasteiger partial charge in [-0.05, 0) is 12.8 Å². The highest BCUT2D eigenvalue weighted by atomic mass is 16.1. The van der Waals surface area contributed by atoms with Gasteiger partial charge in [0, 0.05) is 18.9 Å². The number of nitrogens with one attached hydrogen (secondary N) is 2. The third-order valence-corrected chi connectivity index (χ3v) is 1.81. The predicted octanol–water partition coefficient (Wildman–Crippen LogP) is 0.865. The Balaban J connectivity index is 3.26. The molecule has 0 aromatic heterocycles. The van der Waals surface area contributed by atoms with E-state index in [1.165, 1.54) is 0 Å². The summed E-state index contributed by atoms with van der Waals surface area (Å²) in [6, 6.07) is 0. The lowest BCUT2D eigenvalue weighted by Gasteiger charge is -2.04. The van der Waals surface area contributed by atoms with Gasteiger partial charge in [-0.3, -0.25) is 10.2 Å². The number of ketones is 1. The van der Waals surface area contributed by atoms with Gasteiger partial charge in [0.2, 0.25) is 0 Å². The number of rotatable bonds is 6. The summed E-state index contributed by atoms with van der Waals surface area (Å²) in [5.41, 5.74) is 5.09. The van der Waals surface area contributed by atoms with Crippen molar-refractivity contribution in [3.63, 3.8) is 0 Å². The Labute approximate surface area is 79.4 Å². The van der Waals surface area contributed by atoms with Crippen LogP contribution in [0.3, 0.4) is 0 Å². The van der Waals surface area contributed by atoms with Gasteiger partial charge in [0.05, 0.1) is 0 Å².